The average Bonchev–Trinajstić information content (AvgIpc) is 3.16. The number of thiazole rings is 2. The second-order valence-electron chi connectivity index (χ2n) is 4.82. The molecule has 0 radical (unpaired) electrons. The van der Waals surface area contributed by atoms with Gasteiger partial charge in [0.2, 0.25) is 0 Å². The summed E-state index contributed by atoms with van der Waals surface area (Å²) in [7, 11) is 0. The van der Waals surface area contributed by atoms with Crippen LogP contribution < -0.4 is 0 Å². The van der Waals surface area contributed by atoms with Gasteiger partial charge in [-0.1, -0.05) is 36.4 Å². The van der Waals surface area contributed by atoms with Crippen molar-refractivity contribution in [1.82, 2.24) is 9.97 Å². The summed E-state index contributed by atoms with van der Waals surface area (Å²) in [5.74, 6) is 0. The Bertz CT molecular complexity index is 878. The average molecular weight is 308 g/mol. The number of rotatable bonds is 3. The highest BCUT2D eigenvalue weighted by Gasteiger charge is 2.07. The molecule has 2 aromatic carbocycles. The molecule has 0 aliphatic rings. The predicted octanol–water partition coefficient (Wildman–Crippen LogP) is 5.01. The molecular formula is C17H12N2S2. The molecule has 0 fully saturated rings. The first-order valence-corrected chi connectivity index (χ1v) is 8.46. The monoisotopic (exact) mass is 308 g/mol. The van der Waals surface area contributed by atoms with E-state index < -0.39 is 0 Å². The van der Waals surface area contributed by atoms with Crippen LogP contribution in [0.3, 0.4) is 0 Å². The summed E-state index contributed by atoms with van der Waals surface area (Å²) < 4.78 is 1.21. The molecule has 21 heavy (non-hydrogen) atoms. The van der Waals surface area contributed by atoms with Crippen molar-refractivity contribution >= 4 is 32.9 Å². The summed E-state index contributed by atoms with van der Waals surface area (Å²) in [4.78, 5) is 9.08. The molecular weight excluding hydrogens is 296 g/mol. The minimum atomic E-state index is 0.897. The fourth-order valence-electron chi connectivity index (χ4n) is 2.31. The molecule has 0 N–H and O–H groups in total. The third-order valence-electron chi connectivity index (χ3n) is 3.38. The van der Waals surface area contributed by atoms with Gasteiger partial charge >= 0.3 is 0 Å². The number of nitrogens with zero attached hydrogens (tertiary/aromatic N) is 2. The lowest BCUT2D eigenvalue weighted by molar-refractivity contribution is 1.14. The Morgan fingerprint density at radius 1 is 0.952 bits per heavy atom. The first-order valence-electron chi connectivity index (χ1n) is 6.70. The van der Waals surface area contributed by atoms with Gasteiger partial charge in [0.05, 0.1) is 26.4 Å². The number of benzene rings is 2. The molecule has 2 heterocycles. The lowest BCUT2D eigenvalue weighted by Gasteiger charge is -1.98. The van der Waals surface area contributed by atoms with E-state index in [1.807, 2.05) is 11.6 Å². The molecule has 4 heteroatoms. The maximum Gasteiger partial charge on any atom is 0.0976 e. The van der Waals surface area contributed by atoms with Crippen molar-refractivity contribution in [2.75, 3.05) is 0 Å². The van der Waals surface area contributed by atoms with Crippen molar-refractivity contribution in [3.63, 3.8) is 0 Å². The number of fused-ring (bicyclic) bond motifs is 1. The van der Waals surface area contributed by atoms with Crippen LogP contribution in [0.2, 0.25) is 0 Å². The summed E-state index contributed by atoms with van der Waals surface area (Å²) in [5, 5.41) is 3.29. The van der Waals surface area contributed by atoms with E-state index in [2.05, 4.69) is 52.8 Å². The van der Waals surface area contributed by atoms with E-state index in [1.54, 1.807) is 22.7 Å². The largest absolute Gasteiger partial charge is 0.245 e. The van der Waals surface area contributed by atoms with Gasteiger partial charge in [-0.05, 0) is 17.7 Å². The van der Waals surface area contributed by atoms with Gasteiger partial charge in [-0.25, -0.2) is 9.97 Å². The van der Waals surface area contributed by atoms with Gasteiger partial charge in [-0.3, -0.25) is 0 Å². The van der Waals surface area contributed by atoms with Gasteiger partial charge in [-0.15, -0.1) is 22.7 Å². The molecule has 0 amide bonds. The molecule has 0 bridgehead atoms. The maximum atomic E-state index is 4.77. The second-order valence-corrected chi connectivity index (χ2v) is 6.65. The highest BCUT2D eigenvalue weighted by atomic mass is 32.1. The highest BCUT2D eigenvalue weighted by Crippen LogP contribution is 2.27. The maximum absolute atomic E-state index is 4.77. The molecule has 102 valence electrons. The molecule has 0 atom stereocenters. The number of aromatic nitrogens is 2. The zero-order valence-corrected chi connectivity index (χ0v) is 12.8. The fraction of sp³-hybridized carbons (Fsp3) is 0.0588. The molecule has 0 spiro atoms. The van der Waals surface area contributed by atoms with E-state index >= 15 is 0 Å². The summed E-state index contributed by atoms with van der Waals surface area (Å²) in [6.45, 7) is 0. The molecule has 0 saturated heterocycles. The van der Waals surface area contributed by atoms with Crippen molar-refractivity contribution in [3.8, 4) is 11.3 Å². The van der Waals surface area contributed by atoms with Crippen molar-refractivity contribution in [2.24, 2.45) is 0 Å². The predicted molar refractivity (Wildman–Crippen MR) is 90.0 cm³/mol. The van der Waals surface area contributed by atoms with Gasteiger partial charge < -0.3 is 0 Å². The van der Waals surface area contributed by atoms with E-state index in [0.29, 0.717) is 0 Å². The van der Waals surface area contributed by atoms with Crippen LogP contribution in [-0.4, -0.2) is 9.97 Å². The molecule has 0 unspecified atom stereocenters. The standard InChI is InChI=1S/C17H12N2S2/c1-2-4-12(5-3-1)8-17-19-15(10-20-17)13-6-7-14-16(9-13)21-11-18-14/h1-7,9-11H,8H2. The Kier molecular flexibility index (Phi) is 3.25. The Morgan fingerprint density at radius 2 is 1.86 bits per heavy atom. The van der Waals surface area contributed by atoms with Gasteiger partial charge in [0, 0.05) is 17.4 Å². The Morgan fingerprint density at radius 3 is 2.76 bits per heavy atom. The number of hydrogen-bond donors (Lipinski definition) is 0. The van der Waals surface area contributed by atoms with Crippen molar-refractivity contribution in [2.45, 2.75) is 6.42 Å². The van der Waals surface area contributed by atoms with Crippen LogP contribution in [0.5, 0.6) is 0 Å². The summed E-state index contributed by atoms with van der Waals surface area (Å²) in [6, 6.07) is 16.8. The summed E-state index contributed by atoms with van der Waals surface area (Å²) in [5.41, 5.74) is 6.47. The van der Waals surface area contributed by atoms with Crippen molar-refractivity contribution in [1.29, 1.82) is 0 Å². The van der Waals surface area contributed by atoms with Crippen LogP contribution in [0.15, 0.2) is 59.4 Å². The molecule has 2 nitrogen and oxygen atoms in total. The normalized spacial score (nSPS) is 11.0. The minimum Gasteiger partial charge on any atom is -0.245 e. The van der Waals surface area contributed by atoms with Crippen LogP contribution in [0.4, 0.5) is 0 Å². The lowest BCUT2D eigenvalue weighted by Crippen LogP contribution is -1.86. The zero-order valence-electron chi connectivity index (χ0n) is 11.2. The number of hydrogen-bond acceptors (Lipinski definition) is 4. The fourth-order valence-corrected chi connectivity index (χ4v) is 3.86. The van der Waals surface area contributed by atoms with E-state index in [9.17, 15) is 0 Å². The van der Waals surface area contributed by atoms with Gasteiger partial charge in [0.15, 0.2) is 0 Å². The molecule has 0 saturated carbocycles. The smallest absolute Gasteiger partial charge is 0.0976 e. The molecule has 4 aromatic rings. The first kappa shape index (κ1) is 12.7. The quantitative estimate of drug-likeness (QED) is 0.531. The van der Waals surface area contributed by atoms with Gasteiger partial charge in [0.1, 0.15) is 0 Å². The van der Waals surface area contributed by atoms with E-state index in [4.69, 9.17) is 4.98 Å². The zero-order chi connectivity index (χ0) is 14.1. The topological polar surface area (TPSA) is 25.8 Å². The lowest BCUT2D eigenvalue weighted by atomic mass is 10.1. The third kappa shape index (κ3) is 2.60. The van der Waals surface area contributed by atoms with Crippen molar-refractivity contribution < 1.29 is 0 Å². The Hall–Kier alpha value is -2.04. The summed E-state index contributed by atoms with van der Waals surface area (Å²) >= 11 is 3.39. The minimum absolute atomic E-state index is 0.897. The first-order chi connectivity index (χ1) is 10.4. The second kappa shape index (κ2) is 5.39. The van der Waals surface area contributed by atoms with Gasteiger partial charge in [0.25, 0.3) is 0 Å². The molecule has 4 rings (SSSR count). The van der Waals surface area contributed by atoms with Gasteiger partial charge in [-0.2, -0.15) is 0 Å². The summed E-state index contributed by atoms with van der Waals surface area (Å²) in [6.07, 6.45) is 0.897. The molecule has 0 aliphatic carbocycles. The third-order valence-corrected chi connectivity index (χ3v) is 5.02. The van der Waals surface area contributed by atoms with Crippen LogP contribution in [0.25, 0.3) is 21.5 Å². The van der Waals surface area contributed by atoms with Crippen LogP contribution in [0, 0.1) is 0 Å². The van der Waals surface area contributed by atoms with Crippen LogP contribution in [0.1, 0.15) is 10.6 Å². The molecule has 0 aliphatic heterocycles. The van der Waals surface area contributed by atoms with Crippen molar-refractivity contribution in [3.05, 3.63) is 70.0 Å². The molecule has 2 aromatic heterocycles. The highest BCUT2D eigenvalue weighted by molar-refractivity contribution is 7.16. The van der Waals surface area contributed by atoms with E-state index in [0.717, 1.165) is 22.6 Å². The SMILES string of the molecule is c1ccc(Cc2nc(-c3ccc4ncsc4c3)cs2)cc1. The van der Waals surface area contributed by atoms with E-state index in [1.165, 1.54) is 15.8 Å². The van der Waals surface area contributed by atoms with E-state index in [-0.39, 0.29) is 0 Å². The van der Waals surface area contributed by atoms with Crippen LogP contribution in [-0.2, 0) is 6.42 Å². The van der Waals surface area contributed by atoms with Crippen LogP contribution >= 0.6 is 22.7 Å². The Balaban J connectivity index is 1.64. The Labute approximate surface area is 130 Å².